The molecule has 6 nitrogen and oxygen atoms in total. The van der Waals surface area contributed by atoms with Crippen molar-refractivity contribution in [1.82, 2.24) is 15.1 Å². The van der Waals surface area contributed by atoms with Crippen LogP contribution in [0.15, 0.2) is 59.6 Å². The Morgan fingerprint density at radius 2 is 1.80 bits per heavy atom. The molecule has 1 atom stereocenters. The molecule has 162 valence electrons. The summed E-state index contributed by atoms with van der Waals surface area (Å²) in [5, 5.41) is 3.57. The Hall–Kier alpha value is -2.73. The molecule has 1 saturated heterocycles. The zero-order chi connectivity index (χ0) is 21.3. The molecule has 1 N–H and O–H groups in total. The Morgan fingerprint density at radius 3 is 2.43 bits per heavy atom. The molecule has 3 rings (SSSR count). The number of ether oxygens (including phenoxy) is 2. The summed E-state index contributed by atoms with van der Waals surface area (Å²) in [7, 11) is 7.75. The van der Waals surface area contributed by atoms with E-state index >= 15 is 0 Å². The van der Waals surface area contributed by atoms with Crippen molar-refractivity contribution < 1.29 is 9.47 Å². The van der Waals surface area contributed by atoms with E-state index in [0.29, 0.717) is 0 Å². The van der Waals surface area contributed by atoms with Crippen molar-refractivity contribution >= 4 is 5.96 Å². The maximum absolute atomic E-state index is 6.12. The number of para-hydroxylation sites is 1. The molecule has 0 aliphatic carbocycles. The van der Waals surface area contributed by atoms with Gasteiger partial charge < -0.3 is 24.6 Å². The number of methoxy groups -OCH3 is 1. The normalized spacial score (nSPS) is 16.4. The van der Waals surface area contributed by atoms with Gasteiger partial charge in [-0.2, -0.15) is 0 Å². The van der Waals surface area contributed by atoms with E-state index < -0.39 is 0 Å². The van der Waals surface area contributed by atoms with Crippen molar-refractivity contribution in [3.63, 3.8) is 0 Å². The van der Waals surface area contributed by atoms with Crippen LogP contribution >= 0.6 is 0 Å². The Bertz CT molecular complexity index is 802. The predicted octanol–water partition coefficient (Wildman–Crippen LogP) is 3.42. The average Bonchev–Trinajstić information content (AvgIpc) is 2.78. The lowest BCUT2D eigenvalue weighted by molar-refractivity contribution is 0.129. The fourth-order valence-electron chi connectivity index (χ4n) is 3.84. The highest BCUT2D eigenvalue weighted by Crippen LogP contribution is 2.23. The molecule has 1 unspecified atom stereocenters. The van der Waals surface area contributed by atoms with Crippen molar-refractivity contribution in [2.24, 2.45) is 4.99 Å². The Labute approximate surface area is 180 Å². The molecule has 0 saturated carbocycles. The van der Waals surface area contributed by atoms with Crippen molar-refractivity contribution in [2.45, 2.75) is 25.0 Å². The third-order valence-electron chi connectivity index (χ3n) is 5.55. The third kappa shape index (κ3) is 5.89. The maximum Gasteiger partial charge on any atom is 0.193 e. The Balaban J connectivity index is 1.54. The summed E-state index contributed by atoms with van der Waals surface area (Å²) in [4.78, 5) is 9.07. The average molecular weight is 411 g/mol. The van der Waals surface area contributed by atoms with E-state index in [2.05, 4.69) is 46.3 Å². The minimum Gasteiger partial charge on any atom is -0.497 e. The van der Waals surface area contributed by atoms with E-state index in [1.54, 1.807) is 7.11 Å². The summed E-state index contributed by atoms with van der Waals surface area (Å²) >= 11 is 0. The largest absolute Gasteiger partial charge is 0.497 e. The van der Waals surface area contributed by atoms with Gasteiger partial charge in [-0.3, -0.25) is 4.99 Å². The molecule has 1 aliphatic heterocycles. The summed E-state index contributed by atoms with van der Waals surface area (Å²) in [6.07, 6.45) is 2.23. The van der Waals surface area contributed by atoms with Crippen molar-refractivity contribution in [1.29, 1.82) is 0 Å². The molecule has 0 radical (unpaired) electrons. The molecule has 0 amide bonds. The number of benzene rings is 2. The van der Waals surface area contributed by atoms with Crippen LogP contribution in [-0.4, -0.2) is 69.8 Å². The number of nitrogens with zero attached hydrogens (tertiary/aromatic N) is 3. The van der Waals surface area contributed by atoms with Gasteiger partial charge in [0.1, 0.15) is 17.6 Å². The third-order valence-corrected chi connectivity index (χ3v) is 5.55. The monoisotopic (exact) mass is 410 g/mol. The summed E-state index contributed by atoms with van der Waals surface area (Å²) in [5.41, 5.74) is 1.22. The van der Waals surface area contributed by atoms with Crippen LogP contribution in [0.4, 0.5) is 0 Å². The first kappa shape index (κ1) is 22.0. The molecule has 0 aromatic heterocycles. The van der Waals surface area contributed by atoms with Crippen molar-refractivity contribution in [3.8, 4) is 11.5 Å². The molecule has 6 heteroatoms. The molecule has 1 heterocycles. The number of hydrogen-bond donors (Lipinski definition) is 1. The Morgan fingerprint density at radius 1 is 1.10 bits per heavy atom. The van der Waals surface area contributed by atoms with Gasteiger partial charge in [0, 0.05) is 39.5 Å². The second-order valence-corrected chi connectivity index (χ2v) is 7.80. The van der Waals surface area contributed by atoms with Gasteiger partial charge in [-0.1, -0.05) is 30.3 Å². The second kappa shape index (κ2) is 10.9. The number of likely N-dealkylation sites (N-methyl/N-ethyl adjacent to an activating group) is 1. The highest BCUT2D eigenvalue weighted by atomic mass is 16.5. The minimum absolute atomic E-state index is 0.218. The highest BCUT2D eigenvalue weighted by Gasteiger charge is 2.24. The SMILES string of the molecule is CN=C(NCC(c1cccc(OC)c1)N(C)C)N1CCC(Oc2ccccc2)CC1. The smallest absolute Gasteiger partial charge is 0.193 e. The number of aliphatic imine (C=N–C) groups is 1. The van der Waals surface area contributed by atoms with Crippen LogP contribution in [0.2, 0.25) is 0 Å². The fourth-order valence-corrected chi connectivity index (χ4v) is 3.84. The van der Waals surface area contributed by atoms with Gasteiger partial charge in [-0.05, 0) is 43.9 Å². The van der Waals surface area contributed by atoms with Crippen molar-refractivity contribution in [2.75, 3.05) is 47.9 Å². The van der Waals surface area contributed by atoms with E-state index in [9.17, 15) is 0 Å². The first-order valence-electron chi connectivity index (χ1n) is 10.6. The number of likely N-dealkylation sites (tertiary alicyclic amines) is 1. The lowest BCUT2D eigenvalue weighted by Crippen LogP contribution is -2.49. The molecular weight excluding hydrogens is 376 g/mol. The van der Waals surface area contributed by atoms with Crippen LogP contribution in [0.25, 0.3) is 0 Å². The molecule has 30 heavy (non-hydrogen) atoms. The lowest BCUT2D eigenvalue weighted by atomic mass is 10.1. The molecule has 1 fully saturated rings. The van der Waals surface area contributed by atoms with E-state index in [1.165, 1.54) is 5.56 Å². The van der Waals surface area contributed by atoms with Gasteiger partial charge in [0.25, 0.3) is 0 Å². The first-order chi connectivity index (χ1) is 14.6. The molecule has 0 bridgehead atoms. The summed E-state index contributed by atoms with van der Waals surface area (Å²) in [6.45, 7) is 2.64. The zero-order valence-electron chi connectivity index (χ0n) is 18.5. The van der Waals surface area contributed by atoms with Crippen molar-refractivity contribution in [3.05, 3.63) is 60.2 Å². The lowest BCUT2D eigenvalue weighted by Gasteiger charge is -2.35. The minimum atomic E-state index is 0.218. The maximum atomic E-state index is 6.12. The van der Waals surface area contributed by atoms with Crippen LogP contribution in [0.3, 0.4) is 0 Å². The van der Waals surface area contributed by atoms with E-state index in [4.69, 9.17) is 9.47 Å². The van der Waals surface area contributed by atoms with Crippen LogP contribution in [0.5, 0.6) is 11.5 Å². The predicted molar refractivity (Wildman–Crippen MR) is 122 cm³/mol. The fraction of sp³-hybridized carbons (Fsp3) is 0.458. The number of guanidine groups is 1. The first-order valence-corrected chi connectivity index (χ1v) is 10.6. The standard InChI is InChI=1S/C24H34N4O2/c1-25-24(26-18-23(27(2)3)19-9-8-12-22(17-19)29-4)28-15-13-21(14-16-28)30-20-10-6-5-7-11-20/h5-12,17,21,23H,13-16,18H2,1-4H3,(H,25,26). The Kier molecular flexibility index (Phi) is 7.97. The summed E-state index contributed by atoms with van der Waals surface area (Å²) in [6, 6.07) is 18.6. The number of piperidine rings is 1. The number of rotatable bonds is 7. The highest BCUT2D eigenvalue weighted by molar-refractivity contribution is 5.80. The van der Waals surface area contributed by atoms with Gasteiger partial charge in [0.15, 0.2) is 5.96 Å². The van der Waals surface area contributed by atoms with Gasteiger partial charge in [-0.15, -0.1) is 0 Å². The van der Waals surface area contributed by atoms with Crippen LogP contribution in [0.1, 0.15) is 24.4 Å². The van der Waals surface area contributed by atoms with Gasteiger partial charge in [-0.25, -0.2) is 0 Å². The van der Waals surface area contributed by atoms with Gasteiger partial charge in [0.2, 0.25) is 0 Å². The van der Waals surface area contributed by atoms with Gasteiger partial charge >= 0.3 is 0 Å². The molecule has 2 aromatic rings. The van der Waals surface area contributed by atoms with Crippen LogP contribution < -0.4 is 14.8 Å². The zero-order valence-corrected chi connectivity index (χ0v) is 18.5. The molecule has 0 spiro atoms. The number of nitrogens with one attached hydrogen (secondary N) is 1. The number of hydrogen-bond acceptors (Lipinski definition) is 4. The molecule has 1 aliphatic rings. The summed E-state index contributed by atoms with van der Waals surface area (Å²) in [5.74, 6) is 2.78. The topological polar surface area (TPSA) is 49.3 Å². The van der Waals surface area contributed by atoms with E-state index in [1.807, 2.05) is 49.5 Å². The summed E-state index contributed by atoms with van der Waals surface area (Å²) < 4.78 is 11.5. The second-order valence-electron chi connectivity index (χ2n) is 7.80. The van der Waals surface area contributed by atoms with E-state index in [0.717, 1.165) is 49.9 Å². The quantitative estimate of drug-likeness (QED) is 0.560. The molecular formula is C24H34N4O2. The van der Waals surface area contributed by atoms with Gasteiger partial charge in [0.05, 0.1) is 13.2 Å². The van der Waals surface area contributed by atoms with Crippen LogP contribution in [0, 0.1) is 0 Å². The van der Waals surface area contributed by atoms with E-state index in [-0.39, 0.29) is 12.1 Å². The van der Waals surface area contributed by atoms with Crippen LogP contribution in [-0.2, 0) is 0 Å². The molecule has 2 aromatic carbocycles.